The number of hydrogen-bond donors (Lipinski definition) is 2. The minimum Gasteiger partial charge on any atom is -0.497 e. The van der Waals surface area contributed by atoms with E-state index in [1.165, 1.54) is 0 Å². The first-order chi connectivity index (χ1) is 15.5. The minimum atomic E-state index is -0.0209. The number of aryl methyl sites for hydroxylation is 2. The molecular formula is C25H31N5O2. The Morgan fingerprint density at radius 2 is 1.62 bits per heavy atom. The van der Waals surface area contributed by atoms with Crippen molar-refractivity contribution in [1.82, 2.24) is 9.97 Å². The lowest BCUT2D eigenvalue weighted by Gasteiger charge is -2.20. The van der Waals surface area contributed by atoms with E-state index in [2.05, 4.69) is 39.3 Å². The summed E-state index contributed by atoms with van der Waals surface area (Å²) in [5, 5.41) is 6.20. The molecule has 7 nitrogen and oxygen atoms in total. The Kier molecular flexibility index (Phi) is 8.02. The Labute approximate surface area is 189 Å². The molecule has 1 heterocycles. The summed E-state index contributed by atoms with van der Waals surface area (Å²) in [4.78, 5) is 23.6. The van der Waals surface area contributed by atoms with Gasteiger partial charge in [-0.1, -0.05) is 12.1 Å². The highest BCUT2D eigenvalue weighted by Gasteiger charge is 2.08. The number of carbonyl (C=O) groups excluding carboxylic acids is 1. The second kappa shape index (κ2) is 11.1. The van der Waals surface area contributed by atoms with Crippen molar-refractivity contribution in [2.24, 2.45) is 0 Å². The third kappa shape index (κ3) is 6.44. The summed E-state index contributed by atoms with van der Waals surface area (Å²) in [6, 6.07) is 17.3. The van der Waals surface area contributed by atoms with Crippen molar-refractivity contribution in [3.05, 3.63) is 65.9 Å². The van der Waals surface area contributed by atoms with Crippen LogP contribution in [0.25, 0.3) is 0 Å². The van der Waals surface area contributed by atoms with Gasteiger partial charge in [-0.05, 0) is 69.2 Å². The zero-order valence-electron chi connectivity index (χ0n) is 19.2. The largest absolute Gasteiger partial charge is 0.497 e. The molecule has 0 bridgehead atoms. The highest BCUT2D eigenvalue weighted by molar-refractivity contribution is 5.91. The molecule has 3 aromatic rings. The fourth-order valence-electron chi connectivity index (χ4n) is 3.36. The smallest absolute Gasteiger partial charge is 0.229 e. The summed E-state index contributed by atoms with van der Waals surface area (Å²) < 4.78 is 5.16. The van der Waals surface area contributed by atoms with E-state index in [-0.39, 0.29) is 5.91 Å². The molecule has 0 saturated carbocycles. The minimum absolute atomic E-state index is 0.0209. The highest BCUT2D eigenvalue weighted by Crippen LogP contribution is 2.20. The molecule has 168 valence electrons. The van der Waals surface area contributed by atoms with Crippen LogP contribution in [0.3, 0.4) is 0 Å². The van der Waals surface area contributed by atoms with Gasteiger partial charge in [0.1, 0.15) is 11.6 Å². The molecule has 1 aromatic heterocycles. The van der Waals surface area contributed by atoms with Crippen LogP contribution in [0.15, 0.2) is 54.6 Å². The maximum absolute atomic E-state index is 12.3. The van der Waals surface area contributed by atoms with Crippen LogP contribution in [0.5, 0.6) is 5.75 Å². The quantitative estimate of drug-likeness (QED) is 0.471. The Hall–Kier alpha value is -3.61. The third-order valence-electron chi connectivity index (χ3n) is 5.15. The normalized spacial score (nSPS) is 10.5. The van der Waals surface area contributed by atoms with Crippen LogP contribution in [-0.4, -0.2) is 36.1 Å². The predicted octanol–water partition coefficient (Wildman–Crippen LogP) is 4.95. The monoisotopic (exact) mass is 433 g/mol. The number of nitrogens with zero attached hydrogens (tertiary/aromatic N) is 3. The number of aromatic nitrogens is 2. The van der Waals surface area contributed by atoms with Gasteiger partial charge in [-0.15, -0.1) is 0 Å². The summed E-state index contributed by atoms with van der Waals surface area (Å²) in [7, 11) is 1.64. The molecule has 0 aliphatic rings. The Morgan fingerprint density at radius 1 is 0.969 bits per heavy atom. The Balaban J connectivity index is 1.56. The van der Waals surface area contributed by atoms with Gasteiger partial charge in [-0.2, -0.15) is 4.98 Å². The lowest BCUT2D eigenvalue weighted by atomic mass is 10.1. The summed E-state index contributed by atoms with van der Waals surface area (Å²) in [5.74, 6) is 2.26. The van der Waals surface area contributed by atoms with Crippen molar-refractivity contribution in [1.29, 1.82) is 0 Å². The molecule has 0 aliphatic carbocycles. The van der Waals surface area contributed by atoms with Crippen molar-refractivity contribution < 1.29 is 9.53 Å². The van der Waals surface area contributed by atoms with E-state index >= 15 is 0 Å². The number of hydrogen-bond acceptors (Lipinski definition) is 6. The van der Waals surface area contributed by atoms with Gasteiger partial charge in [0.2, 0.25) is 11.9 Å². The predicted molar refractivity (Wildman–Crippen MR) is 130 cm³/mol. The van der Waals surface area contributed by atoms with Crippen molar-refractivity contribution in [3.8, 4) is 5.75 Å². The van der Waals surface area contributed by atoms with Crippen LogP contribution < -0.4 is 20.3 Å². The van der Waals surface area contributed by atoms with Gasteiger partial charge in [0.05, 0.1) is 7.11 Å². The molecule has 0 atom stereocenters. The van der Waals surface area contributed by atoms with E-state index in [9.17, 15) is 4.79 Å². The average molecular weight is 434 g/mol. The van der Waals surface area contributed by atoms with Gasteiger partial charge in [0, 0.05) is 42.6 Å². The molecular weight excluding hydrogens is 402 g/mol. The van der Waals surface area contributed by atoms with Gasteiger partial charge >= 0.3 is 0 Å². The average Bonchev–Trinajstić information content (AvgIpc) is 2.80. The molecule has 1 amide bonds. The number of amides is 1. The summed E-state index contributed by atoms with van der Waals surface area (Å²) in [6.45, 7) is 7.96. The van der Waals surface area contributed by atoms with Crippen molar-refractivity contribution in [2.45, 2.75) is 33.6 Å². The van der Waals surface area contributed by atoms with Crippen LogP contribution in [0.2, 0.25) is 0 Å². The van der Waals surface area contributed by atoms with Crippen molar-refractivity contribution >= 4 is 29.0 Å². The molecule has 0 aliphatic heterocycles. The second-order valence-corrected chi connectivity index (χ2v) is 7.46. The summed E-state index contributed by atoms with van der Waals surface area (Å²) >= 11 is 0. The second-order valence-electron chi connectivity index (χ2n) is 7.46. The number of methoxy groups -OCH3 is 1. The van der Waals surface area contributed by atoms with Gasteiger partial charge in [-0.25, -0.2) is 4.98 Å². The number of carbonyl (C=O) groups is 1. The molecule has 2 aromatic carbocycles. The molecule has 0 radical (unpaired) electrons. The first kappa shape index (κ1) is 23.1. The van der Waals surface area contributed by atoms with Crippen LogP contribution in [0.1, 0.15) is 31.5 Å². The Bertz CT molecular complexity index is 1020. The topological polar surface area (TPSA) is 79.4 Å². The maximum atomic E-state index is 12.3. The van der Waals surface area contributed by atoms with E-state index in [4.69, 9.17) is 4.74 Å². The van der Waals surface area contributed by atoms with E-state index < -0.39 is 0 Å². The zero-order valence-corrected chi connectivity index (χ0v) is 19.2. The van der Waals surface area contributed by atoms with Crippen LogP contribution in [0.4, 0.5) is 23.1 Å². The van der Waals surface area contributed by atoms with Crippen molar-refractivity contribution in [2.75, 3.05) is 35.7 Å². The van der Waals surface area contributed by atoms with E-state index in [0.717, 1.165) is 47.3 Å². The summed E-state index contributed by atoms with van der Waals surface area (Å²) in [5.41, 5.74) is 3.62. The Morgan fingerprint density at radius 3 is 2.25 bits per heavy atom. The molecule has 0 saturated heterocycles. The first-order valence-corrected chi connectivity index (χ1v) is 10.9. The van der Waals surface area contributed by atoms with Crippen LogP contribution in [0, 0.1) is 6.92 Å². The lowest BCUT2D eigenvalue weighted by Crippen LogP contribution is -2.23. The van der Waals surface area contributed by atoms with Crippen molar-refractivity contribution in [3.63, 3.8) is 0 Å². The third-order valence-corrected chi connectivity index (χ3v) is 5.15. The number of benzene rings is 2. The molecule has 0 fully saturated rings. The number of nitrogens with one attached hydrogen (secondary N) is 2. The number of anilines is 4. The fourth-order valence-corrected chi connectivity index (χ4v) is 3.36. The molecule has 7 heteroatoms. The fraction of sp³-hybridized carbons (Fsp3) is 0.320. The number of rotatable bonds is 10. The van der Waals surface area contributed by atoms with Gasteiger partial charge in [-0.3, -0.25) is 4.79 Å². The van der Waals surface area contributed by atoms with Crippen LogP contribution in [-0.2, 0) is 11.2 Å². The molecule has 2 N–H and O–H groups in total. The molecule has 0 spiro atoms. The zero-order chi connectivity index (χ0) is 22.9. The van der Waals surface area contributed by atoms with Gasteiger partial charge in [0.15, 0.2) is 0 Å². The highest BCUT2D eigenvalue weighted by atomic mass is 16.5. The summed E-state index contributed by atoms with van der Waals surface area (Å²) in [6.07, 6.45) is 1.09. The van der Waals surface area contributed by atoms with Gasteiger partial charge in [0.25, 0.3) is 0 Å². The SMILES string of the molecule is CCN(CC)c1cc(C)nc(Nc2ccc(NC(=O)CCc3ccc(OC)cc3)cc2)n1. The molecule has 3 rings (SSSR count). The van der Waals surface area contributed by atoms with E-state index in [0.29, 0.717) is 18.8 Å². The molecule has 0 unspecified atom stereocenters. The maximum Gasteiger partial charge on any atom is 0.229 e. The standard InChI is InChI=1S/C25H31N5O2/c1-5-30(6-2)23-17-18(3)26-25(29-23)28-21-12-10-20(11-13-21)27-24(31)16-9-19-7-14-22(32-4)15-8-19/h7-8,10-15,17H,5-6,9,16H2,1-4H3,(H,27,31)(H,26,28,29). The number of ether oxygens (including phenoxy) is 1. The lowest BCUT2D eigenvalue weighted by molar-refractivity contribution is -0.116. The van der Waals surface area contributed by atoms with Crippen LogP contribution >= 0.6 is 0 Å². The van der Waals surface area contributed by atoms with Gasteiger partial charge < -0.3 is 20.3 Å². The van der Waals surface area contributed by atoms with E-state index in [1.807, 2.05) is 61.5 Å². The molecule has 32 heavy (non-hydrogen) atoms. The first-order valence-electron chi connectivity index (χ1n) is 10.9. The van der Waals surface area contributed by atoms with E-state index in [1.54, 1.807) is 7.11 Å².